The van der Waals surface area contributed by atoms with Crippen molar-refractivity contribution in [2.45, 2.75) is 37.9 Å². The van der Waals surface area contributed by atoms with Gasteiger partial charge in [0.1, 0.15) is 0 Å². The van der Waals surface area contributed by atoms with E-state index in [1.165, 1.54) is 5.56 Å². The Morgan fingerprint density at radius 1 is 1.47 bits per heavy atom. The number of fused-ring (bicyclic) bond motifs is 2. The summed E-state index contributed by atoms with van der Waals surface area (Å²) in [7, 11) is 0. The Hall–Kier alpha value is -0.850. The molecule has 0 aromatic heterocycles. The quantitative estimate of drug-likeness (QED) is 0.836. The molecule has 1 aromatic rings. The van der Waals surface area contributed by atoms with Crippen LogP contribution < -0.4 is 0 Å². The van der Waals surface area contributed by atoms with Crippen LogP contribution in [0, 0.1) is 16.7 Å². The van der Waals surface area contributed by atoms with Crippen LogP contribution in [0.25, 0.3) is 0 Å². The van der Waals surface area contributed by atoms with Gasteiger partial charge in [0.15, 0.2) is 0 Å². The lowest BCUT2D eigenvalue weighted by atomic mass is 9.71. The van der Waals surface area contributed by atoms with Crippen LogP contribution in [0.3, 0.4) is 0 Å². The van der Waals surface area contributed by atoms with Crippen molar-refractivity contribution in [2.24, 2.45) is 5.41 Å². The van der Waals surface area contributed by atoms with Crippen LogP contribution in [0.1, 0.15) is 24.8 Å². The molecule has 2 nitrogen and oxygen atoms in total. The number of hydrogen-bond donors (Lipinski definition) is 0. The Bertz CT molecular complexity index is 481. The minimum atomic E-state index is -0.288. The van der Waals surface area contributed by atoms with Crippen LogP contribution in [-0.2, 0) is 11.2 Å². The van der Waals surface area contributed by atoms with Crippen LogP contribution in [0.4, 0.5) is 0 Å². The summed E-state index contributed by atoms with van der Waals surface area (Å²) in [5.41, 5.74) is 0.932. The third kappa shape index (κ3) is 1.90. The summed E-state index contributed by atoms with van der Waals surface area (Å²) >= 11 is 3.48. The second kappa shape index (κ2) is 4.12. The second-order valence-electron chi connectivity index (χ2n) is 5.10. The molecule has 0 amide bonds. The van der Waals surface area contributed by atoms with Crippen molar-refractivity contribution in [3.63, 3.8) is 0 Å². The molecule has 1 aromatic carbocycles. The Morgan fingerprint density at radius 3 is 2.94 bits per heavy atom. The van der Waals surface area contributed by atoms with Crippen LogP contribution in [-0.4, -0.2) is 12.2 Å². The highest BCUT2D eigenvalue weighted by molar-refractivity contribution is 9.10. The summed E-state index contributed by atoms with van der Waals surface area (Å²) in [5.74, 6) is 0. The Kier molecular flexibility index (Phi) is 2.72. The number of nitriles is 1. The van der Waals surface area contributed by atoms with Gasteiger partial charge in [0.25, 0.3) is 0 Å². The molecule has 17 heavy (non-hydrogen) atoms. The van der Waals surface area contributed by atoms with Gasteiger partial charge < -0.3 is 4.74 Å². The highest BCUT2D eigenvalue weighted by Crippen LogP contribution is 2.49. The highest BCUT2D eigenvalue weighted by Gasteiger charge is 2.52. The first-order chi connectivity index (χ1) is 8.22. The van der Waals surface area contributed by atoms with Crippen molar-refractivity contribution in [3.05, 3.63) is 34.3 Å². The summed E-state index contributed by atoms with van der Waals surface area (Å²) in [6.07, 6.45) is 4.37. The average Bonchev–Trinajstić information content (AvgIpc) is 2.89. The van der Waals surface area contributed by atoms with Gasteiger partial charge in [-0.2, -0.15) is 5.26 Å². The van der Waals surface area contributed by atoms with Crippen molar-refractivity contribution >= 4 is 15.9 Å². The van der Waals surface area contributed by atoms with Crippen molar-refractivity contribution in [2.75, 3.05) is 0 Å². The molecule has 0 N–H and O–H groups in total. The van der Waals surface area contributed by atoms with Gasteiger partial charge >= 0.3 is 0 Å². The summed E-state index contributed by atoms with van der Waals surface area (Å²) in [6.45, 7) is 0. The van der Waals surface area contributed by atoms with E-state index in [9.17, 15) is 5.26 Å². The molecule has 3 rings (SSSR count). The van der Waals surface area contributed by atoms with Crippen LogP contribution in [0.5, 0.6) is 0 Å². The molecule has 3 heteroatoms. The minimum absolute atomic E-state index is 0.150. The van der Waals surface area contributed by atoms with E-state index >= 15 is 0 Å². The maximum Gasteiger partial charge on any atom is 0.0899 e. The topological polar surface area (TPSA) is 33.0 Å². The zero-order valence-electron chi connectivity index (χ0n) is 9.53. The molecule has 0 spiro atoms. The third-order valence-electron chi connectivity index (χ3n) is 3.95. The fourth-order valence-corrected chi connectivity index (χ4v) is 3.60. The Morgan fingerprint density at radius 2 is 2.35 bits per heavy atom. The fraction of sp³-hybridized carbons (Fsp3) is 0.500. The second-order valence-corrected chi connectivity index (χ2v) is 6.02. The largest absolute Gasteiger partial charge is 0.373 e. The van der Waals surface area contributed by atoms with Gasteiger partial charge in [-0.25, -0.2) is 0 Å². The van der Waals surface area contributed by atoms with E-state index in [-0.39, 0.29) is 11.5 Å². The molecule has 2 aliphatic rings. The summed E-state index contributed by atoms with van der Waals surface area (Å²) < 4.78 is 6.92. The number of hydrogen-bond acceptors (Lipinski definition) is 2. The normalized spacial score (nSPS) is 34.8. The summed E-state index contributed by atoms with van der Waals surface area (Å²) in [4.78, 5) is 0. The SMILES string of the molecule is N#CC1(Cc2cccc(Br)c2)CC2CCC1O2. The van der Waals surface area contributed by atoms with Gasteiger partial charge in [0.05, 0.1) is 23.7 Å². The number of rotatable bonds is 2. The van der Waals surface area contributed by atoms with E-state index in [1.807, 2.05) is 12.1 Å². The van der Waals surface area contributed by atoms with E-state index in [2.05, 4.69) is 34.1 Å². The van der Waals surface area contributed by atoms with Crippen LogP contribution in [0.2, 0.25) is 0 Å². The first-order valence-corrected chi connectivity index (χ1v) is 6.82. The van der Waals surface area contributed by atoms with Gasteiger partial charge in [-0.1, -0.05) is 28.1 Å². The van der Waals surface area contributed by atoms with Crippen molar-refractivity contribution in [1.29, 1.82) is 5.26 Å². The highest BCUT2D eigenvalue weighted by atomic mass is 79.9. The van der Waals surface area contributed by atoms with E-state index in [1.54, 1.807) is 0 Å². The maximum absolute atomic E-state index is 9.53. The fourth-order valence-electron chi connectivity index (χ4n) is 3.15. The van der Waals surface area contributed by atoms with Gasteiger partial charge in [0.2, 0.25) is 0 Å². The van der Waals surface area contributed by atoms with E-state index in [4.69, 9.17) is 4.74 Å². The molecule has 2 heterocycles. The van der Waals surface area contributed by atoms with Crippen LogP contribution >= 0.6 is 15.9 Å². The number of halogens is 1. The molecule has 3 unspecified atom stereocenters. The molecule has 0 radical (unpaired) electrons. The van der Waals surface area contributed by atoms with Gasteiger partial charge in [-0.15, -0.1) is 0 Å². The average molecular weight is 292 g/mol. The minimum Gasteiger partial charge on any atom is -0.373 e. The van der Waals surface area contributed by atoms with Gasteiger partial charge in [0, 0.05) is 4.47 Å². The van der Waals surface area contributed by atoms with Gasteiger partial charge in [-0.05, 0) is 43.4 Å². The molecule has 88 valence electrons. The Labute approximate surface area is 110 Å². The first-order valence-electron chi connectivity index (χ1n) is 6.03. The zero-order valence-corrected chi connectivity index (χ0v) is 11.1. The zero-order chi connectivity index (χ0) is 11.9. The molecule has 2 bridgehead atoms. The molecule has 0 saturated carbocycles. The number of benzene rings is 1. The molecular weight excluding hydrogens is 278 g/mol. The molecule has 3 atom stereocenters. The number of nitrogens with zero attached hydrogens (tertiary/aromatic N) is 1. The molecule has 2 aliphatic heterocycles. The van der Waals surface area contributed by atoms with E-state index in [0.717, 1.165) is 30.2 Å². The first kappa shape index (κ1) is 11.3. The third-order valence-corrected chi connectivity index (χ3v) is 4.44. The smallest absolute Gasteiger partial charge is 0.0899 e. The predicted octanol–water partition coefficient (Wildman–Crippen LogP) is 3.45. The van der Waals surface area contributed by atoms with Crippen molar-refractivity contribution in [3.8, 4) is 6.07 Å². The summed E-state index contributed by atoms with van der Waals surface area (Å²) in [6, 6.07) is 10.8. The van der Waals surface area contributed by atoms with E-state index in [0.29, 0.717) is 6.10 Å². The maximum atomic E-state index is 9.53. The Balaban J connectivity index is 1.86. The number of ether oxygens (including phenoxy) is 1. The standard InChI is InChI=1S/C14H14BrNO/c15-11-3-1-2-10(6-11)7-14(9-16)8-12-4-5-13(14)17-12/h1-3,6,12-13H,4-5,7-8H2. The van der Waals surface area contributed by atoms with Crippen LogP contribution in [0.15, 0.2) is 28.7 Å². The lowest BCUT2D eigenvalue weighted by Crippen LogP contribution is -2.33. The van der Waals surface area contributed by atoms with Crippen molar-refractivity contribution in [1.82, 2.24) is 0 Å². The molecular formula is C14H14BrNO. The molecule has 2 fully saturated rings. The lowest BCUT2D eigenvalue weighted by Gasteiger charge is -2.28. The monoisotopic (exact) mass is 291 g/mol. The lowest BCUT2D eigenvalue weighted by molar-refractivity contribution is 0.0787. The molecule has 0 aliphatic carbocycles. The van der Waals surface area contributed by atoms with E-state index < -0.39 is 0 Å². The van der Waals surface area contributed by atoms with Crippen molar-refractivity contribution < 1.29 is 4.74 Å². The molecule has 2 saturated heterocycles. The summed E-state index contributed by atoms with van der Waals surface area (Å²) in [5, 5.41) is 9.53. The van der Waals surface area contributed by atoms with Gasteiger partial charge in [-0.3, -0.25) is 0 Å². The predicted molar refractivity (Wildman–Crippen MR) is 68.4 cm³/mol.